The van der Waals surface area contributed by atoms with Gasteiger partial charge in [0.2, 0.25) is 5.76 Å². The zero-order chi connectivity index (χ0) is 26.1. The van der Waals surface area contributed by atoms with Crippen LogP contribution in [0.15, 0.2) is 71.1 Å². The number of phenolic OH excluding ortho intramolecular Hbond substituents is 1. The van der Waals surface area contributed by atoms with Crippen LogP contribution in [0.3, 0.4) is 0 Å². The van der Waals surface area contributed by atoms with Gasteiger partial charge < -0.3 is 24.9 Å². The molecule has 0 atom stereocenters. The van der Waals surface area contributed by atoms with Crippen LogP contribution in [0.2, 0.25) is 0 Å². The Morgan fingerprint density at radius 2 is 1.73 bits per heavy atom. The number of carbonyl (C=O) groups excluding carboxylic acids is 2. The molecule has 0 unspecified atom stereocenters. The summed E-state index contributed by atoms with van der Waals surface area (Å²) >= 11 is 0. The minimum Gasteiger partial charge on any atom is -0.507 e. The smallest absolute Gasteiger partial charge is 0.293 e. The third kappa shape index (κ3) is 4.62. The first-order valence-corrected chi connectivity index (χ1v) is 11.5. The van der Waals surface area contributed by atoms with Crippen LogP contribution in [0.1, 0.15) is 32.2 Å². The van der Waals surface area contributed by atoms with E-state index in [0.29, 0.717) is 39.2 Å². The Hall–Kier alpha value is -5.05. The minimum atomic E-state index is -0.526. The molecule has 0 spiro atoms. The van der Waals surface area contributed by atoms with E-state index in [-0.39, 0.29) is 22.9 Å². The number of H-pyrrole nitrogens is 1. The number of methoxy groups -OCH3 is 1. The highest BCUT2D eigenvalue weighted by Crippen LogP contribution is 2.34. The Bertz CT molecular complexity index is 1630. The monoisotopic (exact) mass is 496 g/mol. The van der Waals surface area contributed by atoms with Crippen molar-refractivity contribution in [3.63, 3.8) is 0 Å². The third-order valence-electron chi connectivity index (χ3n) is 5.93. The fourth-order valence-corrected chi connectivity index (χ4v) is 4.10. The fourth-order valence-electron chi connectivity index (χ4n) is 4.10. The summed E-state index contributed by atoms with van der Waals surface area (Å²) in [5, 5.41) is 23.5. The van der Waals surface area contributed by atoms with Gasteiger partial charge in [0.1, 0.15) is 28.5 Å². The molecule has 0 aliphatic carbocycles. The van der Waals surface area contributed by atoms with Crippen molar-refractivity contribution in [2.75, 3.05) is 17.7 Å². The largest absolute Gasteiger partial charge is 0.507 e. The lowest BCUT2D eigenvalue weighted by Crippen LogP contribution is -2.17. The van der Waals surface area contributed by atoms with E-state index in [1.54, 1.807) is 74.7 Å². The van der Waals surface area contributed by atoms with Gasteiger partial charge in [0.25, 0.3) is 11.8 Å². The molecule has 2 amide bonds. The van der Waals surface area contributed by atoms with E-state index in [1.807, 2.05) is 13.0 Å². The number of phenols is 1. The first kappa shape index (κ1) is 23.7. The number of aromatic nitrogens is 2. The molecule has 0 aliphatic rings. The van der Waals surface area contributed by atoms with Crippen molar-refractivity contribution >= 4 is 34.2 Å². The number of benzene rings is 3. The molecule has 9 heteroatoms. The van der Waals surface area contributed by atoms with Gasteiger partial charge in [-0.3, -0.25) is 14.7 Å². The SMILES string of the molecule is COc1ccc(NC(=O)c2oc3ccccc3c2NC(=O)c2cc(-c3cc(C)cc(C)c3O)n[nH]2)cc1. The normalized spacial score (nSPS) is 10.9. The molecule has 2 aromatic heterocycles. The number of carbonyl (C=O) groups is 2. The van der Waals surface area contributed by atoms with Crippen molar-refractivity contribution in [3.8, 4) is 22.8 Å². The summed E-state index contributed by atoms with van der Waals surface area (Å²) in [5.41, 5.74) is 3.97. The lowest BCUT2D eigenvalue weighted by atomic mass is 10.0. The number of nitrogens with one attached hydrogen (secondary N) is 3. The Morgan fingerprint density at radius 1 is 0.973 bits per heavy atom. The van der Waals surface area contributed by atoms with Crippen LogP contribution < -0.4 is 15.4 Å². The van der Waals surface area contributed by atoms with Crippen LogP contribution in [-0.4, -0.2) is 34.2 Å². The van der Waals surface area contributed by atoms with E-state index < -0.39 is 11.8 Å². The number of para-hydroxylation sites is 1. The summed E-state index contributed by atoms with van der Waals surface area (Å²) in [6.45, 7) is 3.72. The number of aromatic hydroxyl groups is 1. The van der Waals surface area contributed by atoms with E-state index in [0.717, 1.165) is 5.56 Å². The average molecular weight is 497 g/mol. The number of amides is 2. The summed E-state index contributed by atoms with van der Waals surface area (Å²) in [5.74, 6) is -0.336. The standard InChI is InChI=1S/C28H24N4O5/c1-15-12-16(2)25(33)20(13-15)21-14-22(32-31-21)27(34)30-24-19-6-4-5-7-23(19)37-26(24)28(35)29-17-8-10-18(36-3)11-9-17/h4-14,33H,1-3H3,(H,29,35)(H,30,34)(H,31,32). The molecule has 0 aliphatic heterocycles. The number of furan rings is 1. The molecular formula is C28H24N4O5. The molecule has 37 heavy (non-hydrogen) atoms. The summed E-state index contributed by atoms with van der Waals surface area (Å²) < 4.78 is 11.0. The molecular weight excluding hydrogens is 472 g/mol. The van der Waals surface area contributed by atoms with Crippen LogP contribution in [0.25, 0.3) is 22.2 Å². The second-order valence-corrected chi connectivity index (χ2v) is 8.58. The van der Waals surface area contributed by atoms with Gasteiger partial charge in [-0.2, -0.15) is 5.10 Å². The Kier molecular flexibility index (Phi) is 6.10. The first-order chi connectivity index (χ1) is 17.8. The molecule has 0 fully saturated rings. The van der Waals surface area contributed by atoms with Gasteiger partial charge in [-0.15, -0.1) is 0 Å². The van der Waals surface area contributed by atoms with E-state index in [9.17, 15) is 14.7 Å². The summed E-state index contributed by atoms with van der Waals surface area (Å²) in [6, 6.07) is 19.1. The second kappa shape index (κ2) is 9.54. The highest BCUT2D eigenvalue weighted by Gasteiger charge is 2.24. The number of aromatic amines is 1. The summed E-state index contributed by atoms with van der Waals surface area (Å²) in [7, 11) is 1.56. The molecule has 5 rings (SSSR count). The molecule has 9 nitrogen and oxygen atoms in total. The first-order valence-electron chi connectivity index (χ1n) is 11.5. The third-order valence-corrected chi connectivity index (χ3v) is 5.93. The number of ether oxygens (including phenoxy) is 1. The van der Waals surface area contributed by atoms with Crippen molar-refractivity contribution in [2.45, 2.75) is 13.8 Å². The average Bonchev–Trinajstić information content (AvgIpc) is 3.52. The molecule has 0 saturated heterocycles. The Balaban J connectivity index is 1.44. The molecule has 0 radical (unpaired) electrons. The maximum Gasteiger partial charge on any atom is 0.293 e. The number of rotatable bonds is 6. The lowest BCUT2D eigenvalue weighted by Gasteiger charge is -2.07. The van der Waals surface area contributed by atoms with Crippen molar-refractivity contribution in [1.29, 1.82) is 0 Å². The molecule has 2 heterocycles. The van der Waals surface area contributed by atoms with Crippen LogP contribution in [0.5, 0.6) is 11.5 Å². The topological polar surface area (TPSA) is 129 Å². The molecule has 4 N–H and O–H groups in total. The van der Waals surface area contributed by atoms with Gasteiger partial charge in [-0.25, -0.2) is 0 Å². The van der Waals surface area contributed by atoms with E-state index >= 15 is 0 Å². The summed E-state index contributed by atoms with van der Waals surface area (Å²) in [4.78, 5) is 26.3. The van der Waals surface area contributed by atoms with Gasteiger partial charge >= 0.3 is 0 Å². The number of hydrogen-bond donors (Lipinski definition) is 4. The molecule has 0 bridgehead atoms. The van der Waals surface area contributed by atoms with E-state index in [4.69, 9.17) is 9.15 Å². The minimum absolute atomic E-state index is 0.0444. The van der Waals surface area contributed by atoms with Crippen molar-refractivity contribution < 1.29 is 23.8 Å². The highest BCUT2D eigenvalue weighted by atomic mass is 16.5. The highest BCUT2D eigenvalue weighted by molar-refractivity contribution is 6.16. The second-order valence-electron chi connectivity index (χ2n) is 8.58. The van der Waals surface area contributed by atoms with Crippen LogP contribution in [-0.2, 0) is 0 Å². The van der Waals surface area contributed by atoms with Gasteiger partial charge in [0, 0.05) is 16.6 Å². The fraction of sp³-hybridized carbons (Fsp3) is 0.107. The van der Waals surface area contributed by atoms with E-state index in [2.05, 4.69) is 20.8 Å². The maximum absolute atomic E-state index is 13.2. The quantitative estimate of drug-likeness (QED) is 0.240. The molecule has 186 valence electrons. The molecule has 5 aromatic rings. The maximum atomic E-state index is 13.2. The predicted molar refractivity (Wildman–Crippen MR) is 140 cm³/mol. The number of anilines is 2. The van der Waals surface area contributed by atoms with Crippen molar-refractivity contribution in [2.24, 2.45) is 0 Å². The van der Waals surface area contributed by atoms with Crippen molar-refractivity contribution in [3.05, 3.63) is 89.3 Å². The Labute approximate surface area is 212 Å². The van der Waals surface area contributed by atoms with E-state index in [1.165, 1.54) is 0 Å². The van der Waals surface area contributed by atoms with Gasteiger partial charge in [0.15, 0.2) is 0 Å². The molecule has 0 saturated carbocycles. The lowest BCUT2D eigenvalue weighted by molar-refractivity contribution is 0.0999. The van der Waals surface area contributed by atoms with Gasteiger partial charge in [-0.05, 0) is 73.5 Å². The Morgan fingerprint density at radius 3 is 2.49 bits per heavy atom. The zero-order valence-corrected chi connectivity index (χ0v) is 20.4. The number of aryl methyl sites for hydroxylation is 2. The van der Waals surface area contributed by atoms with Crippen LogP contribution in [0, 0.1) is 13.8 Å². The van der Waals surface area contributed by atoms with Crippen LogP contribution in [0.4, 0.5) is 11.4 Å². The molecule has 3 aromatic carbocycles. The predicted octanol–water partition coefficient (Wildman–Crippen LogP) is 5.66. The number of hydrogen-bond acceptors (Lipinski definition) is 6. The zero-order valence-electron chi connectivity index (χ0n) is 20.4. The summed E-state index contributed by atoms with van der Waals surface area (Å²) in [6.07, 6.45) is 0. The number of nitrogens with zero attached hydrogens (tertiary/aromatic N) is 1. The van der Waals surface area contributed by atoms with Gasteiger partial charge in [0.05, 0.1) is 12.8 Å². The van der Waals surface area contributed by atoms with Gasteiger partial charge in [-0.1, -0.05) is 18.2 Å². The van der Waals surface area contributed by atoms with Crippen LogP contribution >= 0.6 is 0 Å². The van der Waals surface area contributed by atoms with Crippen molar-refractivity contribution in [1.82, 2.24) is 10.2 Å². The number of fused-ring (bicyclic) bond motifs is 1.